The molecule has 1 aromatic carbocycles. The van der Waals surface area contributed by atoms with Crippen molar-refractivity contribution in [2.24, 2.45) is 0 Å². The van der Waals surface area contributed by atoms with E-state index in [4.69, 9.17) is 4.74 Å². The van der Waals surface area contributed by atoms with Crippen LogP contribution < -0.4 is 10.2 Å². The van der Waals surface area contributed by atoms with Crippen LogP contribution in [0.5, 0.6) is 0 Å². The van der Waals surface area contributed by atoms with Gasteiger partial charge in [-0.3, -0.25) is 9.78 Å². The van der Waals surface area contributed by atoms with E-state index in [0.29, 0.717) is 11.4 Å². The van der Waals surface area contributed by atoms with Gasteiger partial charge in [-0.25, -0.2) is 4.79 Å². The fraction of sp³-hybridized carbons (Fsp3) is 0.235. The lowest BCUT2D eigenvalue weighted by atomic mass is 10.2. The van der Waals surface area contributed by atoms with Gasteiger partial charge < -0.3 is 20.1 Å². The maximum Gasteiger partial charge on any atom is 0.410 e. The molecule has 0 unspecified atom stereocenters. The van der Waals surface area contributed by atoms with E-state index >= 15 is 0 Å². The molecule has 0 saturated carbocycles. The first-order valence-electron chi connectivity index (χ1n) is 7.55. The van der Waals surface area contributed by atoms with Crippen molar-refractivity contribution in [3.8, 4) is 0 Å². The summed E-state index contributed by atoms with van der Waals surface area (Å²) in [4.78, 5) is 29.7. The molecule has 1 atom stereocenters. The third-order valence-electron chi connectivity index (χ3n) is 3.72. The number of benzene rings is 1. The molecule has 2 heterocycles. The fourth-order valence-corrected chi connectivity index (χ4v) is 2.49. The van der Waals surface area contributed by atoms with Crippen molar-refractivity contribution in [2.45, 2.75) is 18.8 Å². The molecule has 1 aromatic heterocycles. The van der Waals surface area contributed by atoms with E-state index in [1.807, 2.05) is 6.07 Å². The standard InChI is InChI=1S/C17H17N3O4/c21-15-17(23,9-11-20(15)14-7-2-1-3-8-14)24-16(22)19-12-13-6-4-5-10-18-13/h1-8,10,23H,9,11-12H2,(H,19,22)/t17-/m0/s1. The Hall–Kier alpha value is -2.93. The Morgan fingerprint density at radius 2 is 2.00 bits per heavy atom. The number of pyridine rings is 1. The van der Waals surface area contributed by atoms with Crippen LogP contribution in [0.2, 0.25) is 0 Å². The lowest BCUT2D eigenvalue weighted by molar-refractivity contribution is -0.175. The van der Waals surface area contributed by atoms with Gasteiger partial charge in [0.15, 0.2) is 0 Å². The van der Waals surface area contributed by atoms with Gasteiger partial charge in [-0.1, -0.05) is 24.3 Å². The molecule has 7 heteroatoms. The molecule has 0 aliphatic carbocycles. The number of carbonyl (C=O) groups is 2. The summed E-state index contributed by atoms with van der Waals surface area (Å²) < 4.78 is 4.97. The van der Waals surface area contributed by atoms with Gasteiger partial charge >= 0.3 is 6.09 Å². The topological polar surface area (TPSA) is 91.8 Å². The van der Waals surface area contributed by atoms with Crippen molar-refractivity contribution in [1.82, 2.24) is 10.3 Å². The second-order valence-electron chi connectivity index (χ2n) is 5.39. The van der Waals surface area contributed by atoms with Crippen LogP contribution in [0.25, 0.3) is 0 Å². The van der Waals surface area contributed by atoms with Crippen LogP contribution in [0, 0.1) is 0 Å². The van der Waals surface area contributed by atoms with Crippen LogP contribution in [-0.2, 0) is 16.1 Å². The van der Waals surface area contributed by atoms with E-state index in [1.165, 1.54) is 4.90 Å². The SMILES string of the molecule is O=C(NCc1ccccn1)O[C@@]1(O)CCN(c2ccccc2)C1=O. The van der Waals surface area contributed by atoms with E-state index in [9.17, 15) is 14.7 Å². The first-order chi connectivity index (χ1) is 11.6. The van der Waals surface area contributed by atoms with Crippen LogP contribution in [0.15, 0.2) is 54.7 Å². The van der Waals surface area contributed by atoms with Gasteiger partial charge in [0, 0.05) is 24.8 Å². The number of aromatic nitrogens is 1. The van der Waals surface area contributed by atoms with Crippen molar-refractivity contribution >= 4 is 17.7 Å². The van der Waals surface area contributed by atoms with Gasteiger partial charge in [0.1, 0.15) is 0 Å². The van der Waals surface area contributed by atoms with Crippen molar-refractivity contribution in [3.63, 3.8) is 0 Å². The van der Waals surface area contributed by atoms with Crippen LogP contribution in [0.4, 0.5) is 10.5 Å². The molecule has 2 amide bonds. The van der Waals surface area contributed by atoms with Crippen LogP contribution >= 0.6 is 0 Å². The molecule has 2 aromatic rings. The largest absolute Gasteiger partial charge is 0.410 e. The third kappa shape index (κ3) is 3.36. The molecule has 1 fully saturated rings. The number of rotatable bonds is 4. The minimum absolute atomic E-state index is 0.0116. The number of ether oxygens (including phenoxy) is 1. The number of alkyl carbamates (subject to hydrolysis) is 1. The highest BCUT2D eigenvalue weighted by atomic mass is 16.7. The van der Waals surface area contributed by atoms with Crippen LogP contribution in [0.1, 0.15) is 12.1 Å². The second-order valence-corrected chi connectivity index (χ2v) is 5.39. The first-order valence-corrected chi connectivity index (χ1v) is 7.55. The molecule has 0 radical (unpaired) electrons. The average molecular weight is 327 g/mol. The monoisotopic (exact) mass is 327 g/mol. The molecule has 0 bridgehead atoms. The van der Waals surface area contributed by atoms with E-state index in [-0.39, 0.29) is 19.5 Å². The lowest BCUT2D eigenvalue weighted by Crippen LogP contribution is -2.46. The van der Waals surface area contributed by atoms with Gasteiger partial charge in [0.25, 0.3) is 11.7 Å². The lowest BCUT2D eigenvalue weighted by Gasteiger charge is -2.22. The number of amides is 2. The van der Waals surface area contributed by atoms with E-state index in [0.717, 1.165) is 0 Å². The summed E-state index contributed by atoms with van der Waals surface area (Å²) in [5, 5.41) is 12.8. The minimum atomic E-state index is -2.15. The third-order valence-corrected chi connectivity index (χ3v) is 3.72. The zero-order valence-corrected chi connectivity index (χ0v) is 12.9. The number of anilines is 1. The Labute approximate surface area is 138 Å². The number of aliphatic hydroxyl groups is 1. The molecule has 0 spiro atoms. The van der Waals surface area contributed by atoms with Gasteiger partial charge in [0.2, 0.25) is 0 Å². The highest BCUT2D eigenvalue weighted by Gasteiger charge is 2.49. The van der Waals surface area contributed by atoms with Crippen molar-refractivity contribution in [1.29, 1.82) is 0 Å². The molecule has 124 valence electrons. The number of hydrogen-bond acceptors (Lipinski definition) is 5. The second kappa shape index (κ2) is 6.67. The molecule has 7 nitrogen and oxygen atoms in total. The Morgan fingerprint density at radius 1 is 1.25 bits per heavy atom. The first kappa shape index (κ1) is 15.9. The summed E-state index contributed by atoms with van der Waals surface area (Å²) in [7, 11) is 0. The normalized spacial score (nSPS) is 20.0. The molecular weight excluding hydrogens is 310 g/mol. The Bertz CT molecular complexity index is 723. The Morgan fingerprint density at radius 3 is 2.71 bits per heavy atom. The number of nitrogens with zero attached hydrogens (tertiary/aromatic N) is 2. The van der Waals surface area contributed by atoms with Crippen LogP contribution in [-0.4, -0.2) is 34.4 Å². The summed E-state index contributed by atoms with van der Waals surface area (Å²) in [5.41, 5.74) is 1.29. The zero-order valence-electron chi connectivity index (χ0n) is 12.9. The van der Waals surface area contributed by atoms with Gasteiger partial charge in [-0.2, -0.15) is 0 Å². The van der Waals surface area contributed by atoms with E-state index < -0.39 is 17.8 Å². The summed E-state index contributed by atoms with van der Waals surface area (Å²) in [6.07, 6.45) is 0.748. The quantitative estimate of drug-likeness (QED) is 0.829. The molecule has 1 saturated heterocycles. The van der Waals surface area contributed by atoms with Gasteiger partial charge in [-0.15, -0.1) is 0 Å². The van der Waals surface area contributed by atoms with Gasteiger partial charge in [-0.05, 0) is 24.3 Å². The molecular formula is C17H17N3O4. The fourth-order valence-electron chi connectivity index (χ4n) is 2.49. The van der Waals surface area contributed by atoms with Crippen LogP contribution in [0.3, 0.4) is 0 Å². The maximum absolute atomic E-state index is 12.4. The zero-order chi connectivity index (χ0) is 17.0. The maximum atomic E-state index is 12.4. The highest BCUT2D eigenvalue weighted by molar-refractivity contribution is 6.01. The minimum Gasteiger partial charge on any atom is -0.407 e. The summed E-state index contributed by atoms with van der Waals surface area (Å²) in [6, 6.07) is 14.2. The molecule has 1 aliphatic heterocycles. The summed E-state index contributed by atoms with van der Waals surface area (Å²) in [6.45, 7) is 0.416. The van der Waals surface area contributed by atoms with E-state index in [1.54, 1.807) is 48.7 Å². The number of para-hydroxylation sites is 1. The molecule has 24 heavy (non-hydrogen) atoms. The number of carbonyl (C=O) groups excluding carboxylic acids is 2. The van der Waals surface area contributed by atoms with Crippen molar-refractivity contribution < 1.29 is 19.4 Å². The Kier molecular flexibility index (Phi) is 4.43. The smallest absolute Gasteiger partial charge is 0.407 e. The average Bonchev–Trinajstić information content (AvgIpc) is 2.90. The predicted octanol–water partition coefficient (Wildman–Crippen LogP) is 1.43. The number of nitrogens with one attached hydrogen (secondary N) is 1. The van der Waals surface area contributed by atoms with Crippen molar-refractivity contribution in [3.05, 3.63) is 60.4 Å². The number of hydrogen-bond donors (Lipinski definition) is 2. The summed E-state index contributed by atoms with van der Waals surface area (Å²) in [5.74, 6) is -2.80. The molecule has 3 rings (SSSR count). The highest BCUT2D eigenvalue weighted by Crippen LogP contribution is 2.29. The molecule has 2 N–H and O–H groups in total. The Balaban J connectivity index is 1.60. The van der Waals surface area contributed by atoms with Gasteiger partial charge in [0.05, 0.1) is 12.2 Å². The predicted molar refractivity (Wildman–Crippen MR) is 85.9 cm³/mol. The van der Waals surface area contributed by atoms with E-state index in [2.05, 4.69) is 10.3 Å². The molecule has 1 aliphatic rings. The van der Waals surface area contributed by atoms with Crippen molar-refractivity contribution in [2.75, 3.05) is 11.4 Å². The summed E-state index contributed by atoms with van der Waals surface area (Å²) >= 11 is 0.